The fourth-order valence-corrected chi connectivity index (χ4v) is 3.39. The average Bonchev–Trinajstić information content (AvgIpc) is 3.12. The number of benzene rings is 1. The first-order valence-corrected chi connectivity index (χ1v) is 8.83. The topological polar surface area (TPSA) is 49.4 Å². The summed E-state index contributed by atoms with van der Waals surface area (Å²) in [4.78, 5) is 2.58. The van der Waals surface area contributed by atoms with Gasteiger partial charge in [-0.3, -0.25) is 4.90 Å². The lowest BCUT2D eigenvalue weighted by Crippen LogP contribution is -2.28. The molecule has 3 rings (SSSR count). The van der Waals surface area contributed by atoms with Crippen molar-refractivity contribution in [2.75, 3.05) is 24.7 Å². The summed E-state index contributed by atoms with van der Waals surface area (Å²) in [6.45, 7) is 1.95. The molecule has 1 saturated heterocycles. The molecule has 0 spiro atoms. The van der Waals surface area contributed by atoms with E-state index in [1.54, 1.807) is 0 Å². The highest BCUT2D eigenvalue weighted by molar-refractivity contribution is 7.90. The van der Waals surface area contributed by atoms with Gasteiger partial charge in [0, 0.05) is 31.4 Å². The highest BCUT2D eigenvalue weighted by Crippen LogP contribution is 2.31. The minimum Gasteiger partial charge on any atom is -0.379 e. The Balaban J connectivity index is 1.73. The van der Waals surface area contributed by atoms with Gasteiger partial charge in [-0.15, -0.1) is 0 Å². The van der Waals surface area contributed by atoms with Crippen molar-refractivity contribution < 1.29 is 12.8 Å². The minimum atomic E-state index is -3.31. The van der Waals surface area contributed by atoms with Crippen LogP contribution in [0.3, 0.4) is 0 Å². The van der Waals surface area contributed by atoms with E-state index < -0.39 is 15.7 Å². The molecular weight excluding hydrogens is 279 g/mol. The van der Waals surface area contributed by atoms with E-state index in [-0.39, 0.29) is 16.6 Å². The molecule has 1 atom stereocenters. The molecule has 1 saturated carbocycles. The van der Waals surface area contributed by atoms with Crippen molar-refractivity contribution in [1.29, 1.82) is 0 Å². The van der Waals surface area contributed by atoms with Crippen LogP contribution in [-0.4, -0.2) is 44.7 Å². The molecule has 110 valence electrons. The highest BCUT2D eigenvalue weighted by Gasteiger charge is 2.34. The van der Waals surface area contributed by atoms with Crippen LogP contribution in [0, 0.1) is 5.82 Å². The second kappa shape index (κ2) is 5.00. The van der Waals surface area contributed by atoms with Gasteiger partial charge in [0.05, 0.1) is 10.6 Å². The van der Waals surface area contributed by atoms with Crippen LogP contribution in [0.2, 0.25) is 0 Å². The van der Waals surface area contributed by atoms with Crippen LogP contribution in [0.1, 0.15) is 19.3 Å². The van der Waals surface area contributed by atoms with Crippen molar-refractivity contribution in [1.82, 2.24) is 4.90 Å². The fourth-order valence-electron chi connectivity index (χ4n) is 2.74. The van der Waals surface area contributed by atoms with E-state index in [1.165, 1.54) is 31.0 Å². The molecule has 1 unspecified atom stereocenters. The van der Waals surface area contributed by atoms with Crippen LogP contribution in [0.4, 0.5) is 10.1 Å². The number of sulfone groups is 1. The van der Waals surface area contributed by atoms with Crippen LogP contribution in [0.5, 0.6) is 0 Å². The van der Waals surface area contributed by atoms with Gasteiger partial charge in [0.15, 0.2) is 9.84 Å². The lowest BCUT2D eigenvalue weighted by molar-refractivity contribution is 0.326. The molecule has 1 heterocycles. The second-order valence-electron chi connectivity index (χ2n) is 5.77. The van der Waals surface area contributed by atoms with E-state index in [2.05, 4.69) is 10.2 Å². The average molecular weight is 298 g/mol. The standard InChI is InChI=1S/C14H19FN2O2S/c1-20(18,19)12-4-5-13(15)14(8-12)16-10-6-7-17(9-10)11-2-3-11/h4-5,8,10-11,16H,2-3,6-7,9H2,1H3. The first-order valence-electron chi connectivity index (χ1n) is 6.94. The Morgan fingerprint density at radius 3 is 2.70 bits per heavy atom. The van der Waals surface area contributed by atoms with Gasteiger partial charge in [0.1, 0.15) is 5.82 Å². The van der Waals surface area contributed by atoms with E-state index in [9.17, 15) is 12.8 Å². The number of nitrogens with one attached hydrogen (secondary N) is 1. The van der Waals surface area contributed by atoms with Crippen molar-refractivity contribution in [3.8, 4) is 0 Å². The molecule has 0 bridgehead atoms. The molecule has 1 aromatic rings. The highest BCUT2D eigenvalue weighted by atomic mass is 32.2. The summed E-state index contributed by atoms with van der Waals surface area (Å²) in [5.41, 5.74) is 0.288. The molecule has 1 aliphatic heterocycles. The summed E-state index contributed by atoms with van der Waals surface area (Å²) in [5, 5.41) is 3.15. The van der Waals surface area contributed by atoms with Gasteiger partial charge in [0.25, 0.3) is 0 Å². The summed E-state index contributed by atoms with van der Waals surface area (Å²) < 4.78 is 36.9. The molecule has 2 fully saturated rings. The molecule has 20 heavy (non-hydrogen) atoms. The lowest BCUT2D eigenvalue weighted by Gasteiger charge is -2.17. The van der Waals surface area contributed by atoms with Crippen LogP contribution in [-0.2, 0) is 9.84 Å². The maximum absolute atomic E-state index is 13.8. The number of anilines is 1. The number of rotatable bonds is 4. The van der Waals surface area contributed by atoms with Crippen molar-refractivity contribution in [2.24, 2.45) is 0 Å². The molecular formula is C14H19FN2O2S. The SMILES string of the molecule is CS(=O)(=O)c1ccc(F)c(NC2CCN(C3CC3)C2)c1. The number of hydrogen-bond acceptors (Lipinski definition) is 4. The molecule has 6 heteroatoms. The fraction of sp³-hybridized carbons (Fsp3) is 0.571. The summed E-state index contributed by atoms with van der Waals surface area (Å²) in [6, 6.07) is 4.83. The lowest BCUT2D eigenvalue weighted by atomic mass is 10.2. The van der Waals surface area contributed by atoms with E-state index in [4.69, 9.17) is 0 Å². The Morgan fingerprint density at radius 2 is 2.05 bits per heavy atom. The molecule has 1 N–H and O–H groups in total. The minimum absolute atomic E-state index is 0.151. The van der Waals surface area contributed by atoms with Gasteiger partial charge in [-0.05, 0) is 37.5 Å². The Kier molecular flexibility index (Phi) is 3.46. The molecule has 1 aromatic carbocycles. The Morgan fingerprint density at radius 1 is 1.30 bits per heavy atom. The maximum atomic E-state index is 13.8. The molecule has 0 amide bonds. The van der Waals surface area contributed by atoms with Gasteiger partial charge in [-0.1, -0.05) is 0 Å². The summed E-state index contributed by atoms with van der Waals surface area (Å²) in [7, 11) is -3.31. The Labute approximate surface area is 118 Å². The number of hydrogen-bond donors (Lipinski definition) is 1. The van der Waals surface area contributed by atoms with E-state index in [0.717, 1.165) is 25.8 Å². The van der Waals surface area contributed by atoms with Gasteiger partial charge < -0.3 is 5.32 Å². The quantitative estimate of drug-likeness (QED) is 0.862. The molecule has 2 aliphatic rings. The van der Waals surface area contributed by atoms with Gasteiger partial charge in [-0.25, -0.2) is 12.8 Å². The maximum Gasteiger partial charge on any atom is 0.175 e. The van der Waals surface area contributed by atoms with Gasteiger partial charge in [-0.2, -0.15) is 0 Å². The van der Waals surface area contributed by atoms with Crippen LogP contribution in [0.25, 0.3) is 0 Å². The third kappa shape index (κ3) is 2.96. The van der Waals surface area contributed by atoms with Crippen LogP contribution >= 0.6 is 0 Å². The zero-order chi connectivity index (χ0) is 14.3. The molecule has 4 nitrogen and oxygen atoms in total. The van der Waals surface area contributed by atoms with Crippen molar-refractivity contribution >= 4 is 15.5 Å². The smallest absolute Gasteiger partial charge is 0.175 e. The van der Waals surface area contributed by atoms with Crippen molar-refractivity contribution in [2.45, 2.75) is 36.2 Å². The predicted octanol–water partition coefficient (Wildman–Crippen LogP) is 1.88. The summed E-state index contributed by atoms with van der Waals surface area (Å²) >= 11 is 0. The third-order valence-corrected chi connectivity index (χ3v) is 5.12. The zero-order valence-electron chi connectivity index (χ0n) is 11.5. The van der Waals surface area contributed by atoms with Crippen molar-refractivity contribution in [3.63, 3.8) is 0 Å². The van der Waals surface area contributed by atoms with Crippen LogP contribution in [0.15, 0.2) is 23.1 Å². The zero-order valence-corrected chi connectivity index (χ0v) is 12.3. The monoisotopic (exact) mass is 298 g/mol. The first-order chi connectivity index (χ1) is 9.43. The van der Waals surface area contributed by atoms with E-state index in [1.807, 2.05) is 0 Å². The first kappa shape index (κ1) is 13.8. The van der Waals surface area contributed by atoms with E-state index in [0.29, 0.717) is 6.04 Å². The third-order valence-electron chi connectivity index (χ3n) is 4.01. The van der Waals surface area contributed by atoms with Gasteiger partial charge in [0.2, 0.25) is 0 Å². The summed E-state index contributed by atoms with van der Waals surface area (Å²) in [6.07, 6.45) is 4.64. The summed E-state index contributed by atoms with van der Waals surface area (Å²) in [5.74, 6) is -0.401. The van der Waals surface area contributed by atoms with E-state index >= 15 is 0 Å². The Hall–Kier alpha value is -1.14. The van der Waals surface area contributed by atoms with Crippen LogP contribution < -0.4 is 5.32 Å². The number of likely N-dealkylation sites (tertiary alicyclic amines) is 1. The largest absolute Gasteiger partial charge is 0.379 e. The normalized spacial score (nSPS) is 24.0. The number of nitrogens with zero attached hydrogens (tertiary/aromatic N) is 1. The molecule has 0 aromatic heterocycles. The van der Waals surface area contributed by atoms with Gasteiger partial charge >= 0.3 is 0 Å². The van der Waals surface area contributed by atoms with Crippen molar-refractivity contribution in [3.05, 3.63) is 24.0 Å². The Bertz CT molecular complexity index is 614. The molecule has 1 aliphatic carbocycles. The number of halogens is 1. The second-order valence-corrected chi connectivity index (χ2v) is 7.79. The molecule has 0 radical (unpaired) electrons. The predicted molar refractivity (Wildman–Crippen MR) is 76.1 cm³/mol.